The third-order valence-electron chi connectivity index (χ3n) is 5.07. The van der Waals surface area contributed by atoms with Crippen molar-refractivity contribution in [3.05, 3.63) is 29.3 Å². The van der Waals surface area contributed by atoms with Crippen LogP contribution in [0.15, 0.2) is 18.2 Å². The lowest BCUT2D eigenvalue weighted by Crippen LogP contribution is -2.35. The quantitative estimate of drug-likeness (QED) is 0.869. The smallest absolute Gasteiger partial charge is 0.0589 e. The molecule has 2 unspecified atom stereocenters. The van der Waals surface area contributed by atoms with Gasteiger partial charge in [-0.3, -0.25) is 4.90 Å². The van der Waals surface area contributed by atoms with Crippen LogP contribution < -0.4 is 5.32 Å². The minimum atomic E-state index is 0.729. The average molecular weight is 288 g/mol. The molecule has 0 aromatic heterocycles. The van der Waals surface area contributed by atoms with Crippen molar-refractivity contribution in [1.82, 2.24) is 4.90 Å². The molecular weight excluding hydrogens is 260 g/mol. The summed E-state index contributed by atoms with van der Waals surface area (Å²) in [6.07, 6.45) is 5.22. The van der Waals surface area contributed by atoms with Crippen LogP contribution in [0.4, 0.5) is 5.69 Å². The maximum Gasteiger partial charge on any atom is 0.0589 e. The third kappa shape index (κ3) is 3.41. The first kappa shape index (κ1) is 14.9. The maximum atomic E-state index is 5.33. The zero-order valence-electron chi connectivity index (χ0n) is 13.4. The van der Waals surface area contributed by atoms with Gasteiger partial charge in [-0.25, -0.2) is 0 Å². The molecule has 1 fully saturated rings. The summed E-state index contributed by atoms with van der Waals surface area (Å²) in [5, 5.41) is 3.57. The number of ether oxygens (including phenoxy) is 1. The van der Waals surface area contributed by atoms with Crippen LogP contribution >= 0.6 is 0 Å². The van der Waals surface area contributed by atoms with Gasteiger partial charge in [-0.1, -0.05) is 25.1 Å². The molecule has 3 rings (SSSR count). The normalized spacial score (nSPS) is 24.3. The lowest BCUT2D eigenvalue weighted by molar-refractivity contribution is 0.114. The van der Waals surface area contributed by atoms with Crippen molar-refractivity contribution >= 4 is 5.69 Å². The number of para-hydroxylation sites is 1. The molecule has 1 aliphatic carbocycles. The second-order valence-corrected chi connectivity index (χ2v) is 6.66. The van der Waals surface area contributed by atoms with Gasteiger partial charge in [0, 0.05) is 38.5 Å². The van der Waals surface area contributed by atoms with Gasteiger partial charge in [0.05, 0.1) is 6.61 Å². The average Bonchev–Trinajstić information content (AvgIpc) is 3.12. The number of nitrogens with zero attached hydrogens (tertiary/aromatic N) is 1. The molecule has 116 valence electrons. The zero-order valence-corrected chi connectivity index (χ0v) is 13.4. The van der Waals surface area contributed by atoms with Gasteiger partial charge in [-0.05, 0) is 42.7 Å². The van der Waals surface area contributed by atoms with Crippen molar-refractivity contribution in [2.24, 2.45) is 5.92 Å². The molecule has 21 heavy (non-hydrogen) atoms. The number of benzene rings is 1. The van der Waals surface area contributed by atoms with Crippen LogP contribution in [0.3, 0.4) is 0 Å². The van der Waals surface area contributed by atoms with Gasteiger partial charge in [0.1, 0.15) is 0 Å². The van der Waals surface area contributed by atoms with E-state index >= 15 is 0 Å². The van der Waals surface area contributed by atoms with Crippen LogP contribution in [0.5, 0.6) is 0 Å². The fourth-order valence-corrected chi connectivity index (χ4v) is 3.87. The molecule has 1 aliphatic heterocycles. The summed E-state index contributed by atoms with van der Waals surface area (Å²) in [5.74, 6) is 0.875. The van der Waals surface area contributed by atoms with Crippen molar-refractivity contribution in [2.45, 2.75) is 45.2 Å². The summed E-state index contributed by atoms with van der Waals surface area (Å²) >= 11 is 0. The monoisotopic (exact) mass is 288 g/mol. The number of hydrogen-bond donors (Lipinski definition) is 1. The highest BCUT2D eigenvalue weighted by Crippen LogP contribution is 2.32. The summed E-state index contributed by atoms with van der Waals surface area (Å²) in [5.41, 5.74) is 4.34. The van der Waals surface area contributed by atoms with Gasteiger partial charge >= 0.3 is 0 Å². The van der Waals surface area contributed by atoms with E-state index in [0.717, 1.165) is 38.2 Å². The van der Waals surface area contributed by atoms with Gasteiger partial charge in [0.2, 0.25) is 0 Å². The van der Waals surface area contributed by atoms with Gasteiger partial charge in [-0.15, -0.1) is 0 Å². The van der Waals surface area contributed by atoms with Crippen LogP contribution in [0.25, 0.3) is 0 Å². The largest absolute Gasteiger partial charge is 0.384 e. The number of anilines is 1. The van der Waals surface area contributed by atoms with E-state index in [1.807, 2.05) is 0 Å². The molecule has 3 heteroatoms. The molecule has 1 aromatic rings. The Balaban J connectivity index is 1.73. The molecule has 1 saturated carbocycles. The summed E-state index contributed by atoms with van der Waals surface area (Å²) in [6.45, 7) is 6.39. The molecule has 0 bridgehead atoms. The summed E-state index contributed by atoms with van der Waals surface area (Å²) in [7, 11) is 1.80. The Labute approximate surface area is 128 Å². The van der Waals surface area contributed by atoms with E-state index in [9.17, 15) is 0 Å². The maximum absolute atomic E-state index is 5.33. The van der Waals surface area contributed by atoms with E-state index < -0.39 is 0 Å². The number of methoxy groups -OCH3 is 1. The van der Waals surface area contributed by atoms with Crippen LogP contribution in [-0.2, 0) is 17.7 Å². The van der Waals surface area contributed by atoms with Crippen molar-refractivity contribution in [2.75, 3.05) is 32.1 Å². The molecule has 2 atom stereocenters. The molecule has 0 amide bonds. The molecule has 1 heterocycles. The van der Waals surface area contributed by atoms with Gasteiger partial charge < -0.3 is 10.1 Å². The molecule has 1 aromatic carbocycles. The van der Waals surface area contributed by atoms with Crippen molar-refractivity contribution < 1.29 is 4.74 Å². The van der Waals surface area contributed by atoms with E-state index in [-0.39, 0.29) is 0 Å². The Morgan fingerprint density at radius 1 is 1.33 bits per heavy atom. The number of fused-ring (bicyclic) bond motifs is 1. The molecule has 0 saturated heterocycles. The lowest BCUT2D eigenvalue weighted by atomic mass is 10.1. The van der Waals surface area contributed by atoms with Crippen molar-refractivity contribution in [3.63, 3.8) is 0 Å². The Hall–Kier alpha value is -1.06. The highest BCUT2D eigenvalue weighted by atomic mass is 16.5. The first-order valence-electron chi connectivity index (χ1n) is 8.35. The number of nitrogens with one attached hydrogen (secondary N) is 1. The van der Waals surface area contributed by atoms with Crippen LogP contribution in [0, 0.1) is 5.92 Å². The lowest BCUT2D eigenvalue weighted by Gasteiger charge is -2.29. The van der Waals surface area contributed by atoms with E-state index in [1.165, 1.54) is 42.5 Å². The fraction of sp³-hybridized carbons (Fsp3) is 0.667. The Morgan fingerprint density at radius 3 is 3.00 bits per heavy atom. The van der Waals surface area contributed by atoms with E-state index in [1.54, 1.807) is 7.11 Å². The number of hydrogen-bond acceptors (Lipinski definition) is 3. The Bertz CT molecular complexity index is 474. The van der Waals surface area contributed by atoms with Crippen molar-refractivity contribution in [1.29, 1.82) is 0 Å². The minimum Gasteiger partial charge on any atom is -0.384 e. The minimum absolute atomic E-state index is 0.729. The predicted molar refractivity (Wildman–Crippen MR) is 87.7 cm³/mol. The molecule has 0 spiro atoms. The SMILES string of the molecule is COCCN(Cc1cccc2c1NCC2)C1CCC(C)C1. The summed E-state index contributed by atoms with van der Waals surface area (Å²) in [6, 6.07) is 7.49. The first-order valence-corrected chi connectivity index (χ1v) is 8.35. The van der Waals surface area contributed by atoms with Gasteiger partial charge in [0.25, 0.3) is 0 Å². The zero-order chi connectivity index (χ0) is 14.7. The third-order valence-corrected chi connectivity index (χ3v) is 5.07. The van der Waals surface area contributed by atoms with E-state index in [4.69, 9.17) is 4.74 Å². The van der Waals surface area contributed by atoms with Crippen LogP contribution in [-0.4, -0.2) is 37.7 Å². The highest BCUT2D eigenvalue weighted by Gasteiger charge is 2.27. The molecule has 2 aliphatic rings. The van der Waals surface area contributed by atoms with Crippen molar-refractivity contribution in [3.8, 4) is 0 Å². The standard InChI is InChI=1S/C18H28N2O/c1-14-6-7-17(12-14)20(10-11-21-2)13-16-5-3-4-15-8-9-19-18(15)16/h3-5,14,17,19H,6-13H2,1-2H3. The fourth-order valence-electron chi connectivity index (χ4n) is 3.87. The molecule has 3 nitrogen and oxygen atoms in total. The second kappa shape index (κ2) is 6.80. The van der Waals surface area contributed by atoms with Gasteiger partial charge in [-0.2, -0.15) is 0 Å². The molecule has 1 N–H and O–H groups in total. The van der Waals surface area contributed by atoms with E-state index in [0.29, 0.717) is 0 Å². The first-order chi connectivity index (χ1) is 10.3. The van der Waals surface area contributed by atoms with E-state index in [2.05, 4.69) is 35.3 Å². The highest BCUT2D eigenvalue weighted by molar-refractivity contribution is 5.61. The molecule has 0 radical (unpaired) electrons. The Morgan fingerprint density at radius 2 is 2.24 bits per heavy atom. The number of rotatable bonds is 6. The Kier molecular flexibility index (Phi) is 4.81. The summed E-state index contributed by atoms with van der Waals surface area (Å²) in [4.78, 5) is 2.64. The van der Waals surface area contributed by atoms with Crippen LogP contribution in [0.2, 0.25) is 0 Å². The molecular formula is C18H28N2O. The predicted octanol–water partition coefficient (Wildman–Crippen LogP) is 3.29. The second-order valence-electron chi connectivity index (χ2n) is 6.66. The van der Waals surface area contributed by atoms with Crippen LogP contribution in [0.1, 0.15) is 37.3 Å². The topological polar surface area (TPSA) is 24.5 Å². The summed E-state index contributed by atoms with van der Waals surface area (Å²) < 4.78 is 5.33. The van der Waals surface area contributed by atoms with Gasteiger partial charge in [0.15, 0.2) is 0 Å².